The summed E-state index contributed by atoms with van der Waals surface area (Å²) in [6.07, 6.45) is 0. The maximum Gasteiger partial charge on any atom is 0.0724 e. The zero-order valence-electron chi connectivity index (χ0n) is 12.2. The van der Waals surface area contributed by atoms with Crippen LogP contribution in [0.3, 0.4) is 0 Å². The summed E-state index contributed by atoms with van der Waals surface area (Å²) >= 11 is 0. The van der Waals surface area contributed by atoms with Crippen LogP contribution < -0.4 is 5.73 Å². The fraction of sp³-hybridized carbons (Fsp3) is 0.0476. The van der Waals surface area contributed by atoms with E-state index in [4.69, 9.17) is 5.73 Å². The Labute approximate surface area is 130 Å². The van der Waals surface area contributed by atoms with Crippen LogP contribution in [0.15, 0.2) is 84.9 Å². The summed E-state index contributed by atoms with van der Waals surface area (Å²) in [4.78, 5) is 0. The van der Waals surface area contributed by atoms with E-state index >= 15 is 0 Å². The van der Waals surface area contributed by atoms with Gasteiger partial charge in [0.2, 0.25) is 0 Å². The van der Waals surface area contributed by atoms with Crippen molar-refractivity contribution in [2.24, 2.45) is 0 Å². The van der Waals surface area contributed by atoms with Crippen molar-refractivity contribution < 1.29 is 0 Å². The van der Waals surface area contributed by atoms with Crippen LogP contribution in [0.4, 0.5) is 0 Å². The van der Waals surface area contributed by atoms with Gasteiger partial charge in [0.15, 0.2) is 0 Å². The highest BCUT2D eigenvalue weighted by molar-refractivity contribution is 5.89. The van der Waals surface area contributed by atoms with Crippen molar-refractivity contribution >= 4 is 21.5 Å². The number of hydrogen-bond donors (Lipinski definition) is 0. The van der Waals surface area contributed by atoms with Gasteiger partial charge in [-0.15, -0.1) is 0 Å². The van der Waals surface area contributed by atoms with Gasteiger partial charge in [-0.05, 0) is 32.7 Å². The molecule has 0 amide bonds. The van der Waals surface area contributed by atoms with Crippen molar-refractivity contribution in [1.29, 1.82) is 0 Å². The molecular formula is C21H16N. The summed E-state index contributed by atoms with van der Waals surface area (Å²) in [5.74, 6) is 0. The molecule has 0 heterocycles. The summed E-state index contributed by atoms with van der Waals surface area (Å²) in [5, 5.41) is 4.71. The van der Waals surface area contributed by atoms with Gasteiger partial charge in [-0.3, -0.25) is 0 Å². The van der Waals surface area contributed by atoms with Crippen molar-refractivity contribution in [3.63, 3.8) is 0 Å². The maximum atomic E-state index is 8.82. The SMILES string of the molecule is [NH]C(c1cccc2ccccc12)c1cccc2ccccc12. The lowest BCUT2D eigenvalue weighted by Gasteiger charge is -2.16. The van der Waals surface area contributed by atoms with Gasteiger partial charge in [0, 0.05) is 0 Å². The molecule has 1 nitrogen and oxygen atoms in total. The summed E-state index contributed by atoms with van der Waals surface area (Å²) in [7, 11) is 0. The van der Waals surface area contributed by atoms with Gasteiger partial charge in [-0.1, -0.05) is 84.9 Å². The van der Waals surface area contributed by atoms with E-state index in [2.05, 4.69) is 48.5 Å². The molecule has 4 rings (SSSR count). The largest absolute Gasteiger partial charge is 0.245 e. The molecule has 1 N–H and O–H groups in total. The quantitative estimate of drug-likeness (QED) is 0.472. The van der Waals surface area contributed by atoms with Gasteiger partial charge in [0.05, 0.1) is 6.04 Å². The molecule has 0 aliphatic rings. The summed E-state index contributed by atoms with van der Waals surface area (Å²) in [6.45, 7) is 0. The second-order valence-electron chi connectivity index (χ2n) is 5.57. The second kappa shape index (κ2) is 5.28. The average Bonchev–Trinajstić information content (AvgIpc) is 2.60. The van der Waals surface area contributed by atoms with Gasteiger partial charge in [0.25, 0.3) is 0 Å². The number of benzene rings is 4. The van der Waals surface area contributed by atoms with Crippen LogP contribution in [0.2, 0.25) is 0 Å². The van der Waals surface area contributed by atoms with Crippen LogP contribution in [-0.2, 0) is 0 Å². The van der Waals surface area contributed by atoms with Crippen LogP contribution in [0, 0.1) is 0 Å². The monoisotopic (exact) mass is 282 g/mol. The summed E-state index contributed by atoms with van der Waals surface area (Å²) in [6, 6.07) is 28.7. The van der Waals surface area contributed by atoms with Gasteiger partial charge in [0.1, 0.15) is 0 Å². The lowest BCUT2D eigenvalue weighted by molar-refractivity contribution is 0.856. The normalized spacial score (nSPS) is 11.4. The zero-order chi connectivity index (χ0) is 14.9. The van der Waals surface area contributed by atoms with Gasteiger partial charge < -0.3 is 0 Å². The molecule has 0 bridgehead atoms. The van der Waals surface area contributed by atoms with Gasteiger partial charge in [-0.2, -0.15) is 0 Å². The predicted octanol–water partition coefficient (Wildman–Crippen LogP) is 5.37. The lowest BCUT2D eigenvalue weighted by atomic mass is 9.91. The van der Waals surface area contributed by atoms with Gasteiger partial charge in [-0.25, -0.2) is 5.73 Å². The Hall–Kier alpha value is -2.64. The second-order valence-corrected chi connectivity index (χ2v) is 5.57. The standard InChI is InChI=1S/C21H16N/c22-21(19-13-5-9-15-7-1-3-11-17(15)19)20-14-6-10-16-8-2-4-12-18(16)20/h1-14,21-22H. The highest BCUT2D eigenvalue weighted by atomic mass is 14.6. The Bertz CT molecular complexity index is 866. The van der Waals surface area contributed by atoms with Crippen LogP contribution in [0.25, 0.3) is 21.5 Å². The minimum Gasteiger partial charge on any atom is -0.245 e. The third-order valence-corrected chi connectivity index (χ3v) is 4.27. The fourth-order valence-electron chi connectivity index (χ4n) is 3.17. The van der Waals surface area contributed by atoms with E-state index in [-0.39, 0.29) is 6.04 Å². The molecule has 22 heavy (non-hydrogen) atoms. The molecule has 1 heteroatoms. The first kappa shape index (κ1) is 13.1. The Kier molecular flexibility index (Phi) is 3.14. The first-order valence-corrected chi connectivity index (χ1v) is 7.51. The first-order chi connectivity index (χ1) is 10.8. The van der Waals surface area contributed by atoms with E-state index in [0.29, 0.717) is 0 Å². The minimum absolute atomic E-state index is 0.378. The van der Waals surface area contributed by atoms with Crippen molar-refractivity contribution in [1.82, 2.24) is 5.73 Å². The topological polar surface area (TPSA) is 23.8 Å². The van der Waals surface area contributed by atoms with Crippen molar-refractivity contribution in [3.8, 4) is 0 Å². The molecule has 0 saturated heterocycles. The van der Waals surface area contributed by atoms with Crippen LogP contribution in [0.5, 0.6) is 0 Å². The predicted molar refractivity (Wildman–Crippen MR) is 92.8 cm³/mol. The van der Waals surface area contributed by atoms with E-state index in [1.54, 1.807) is 0 Å². The summed E-state index contributed by atoms with van der Waals surface area (Å²) in [5.41, 5.74) is 10.9. The Morgan fingerprint density at radius 2 is 0.909 bits per heavy atom. The molecule has 0 spiro atoms. The van der Waals surface area contributed by atoms with Crippen LogP contribution in [0.1, 0.15) is 17.2 Å². The molecule has 4 aromatic carbocycles. The molecule has 0 unspecified atom stereocenters. The smallest absolute Gasteiger partial charge is 0.0724 e. The molecule has 0 fully saturated rings. The summed E-state index contributed by atoms with van der Waals surface area (Å²) < 4.78 is 0. The third-order valence-electron chi connectivity index (χ3n) is 4.27. The molecule has 0 atom stereocenters. The molecule has 0 saturated carbocycles. The minimum atomic E-state index is -0.378. The van der Waals surface area contributed by atoms with E-state index in [1.807, 2.05) is 36.4 Å². The molecule has 105 valence electrons. The van der Waals surface area contributed by atoms with Crippen LogP contribution >= 0.6 is 0 Å². The Balaban J connectivity index is 1.94. The van der Waals surface area contributed by atoms with E-state index in [9.17, 15) is 0 Å². The molecule has 0 aliphatic heterocycles. The molecule has 0 aromatic heterocycles. The highest BCUT2D eigenvalue weighted by Gasteiger charge is 2.14. The molecule has 1 radical (unpaired) electrons. The van der Waals surface area contributed by atoms with E-state index in [1.165, 1.54) is 10.8 Å². The molecule has 4 aromatic rings. The van der Waals surface area contributed by atoms with Crippen molar-refractivity contribution in [2.45, 2.75) is 6.04 Å². The molecule has 0 aliphatic carbocycles. The fourth-order valence-corrected chi connectivity index (χ4v) is 3.17. The first-order valence-electron chi connectivity index (χ1n) is 7.51. The van der Waals surface area contributed by atoms with Crippen LogP contribution in [-0.4, -0.2) is 0 Å². The van der Waals surface area contributed by atoms with E-state index in [0.717, 1.165) is 21.9 Å². The van der Waals surface area contributed by atoms with Gasteiger partial charge >= 0.3 is 0 Å². The number of rotatable bonds is 2. The van der Waals surface area contributed by atoms with Crippen molar-refractivity contribution in [2.75, 3.05) is 0 Å². The number of hydrogen-bond acceptors (Lipinski definition) is 0. The lowest BCUT2D eigenvalue weighted by Crippen LogP contribution is -2.03. The maximum absolute atomic E-state index is 8.82. The average molecular weight is 282 g/mol. The number of fused-ring (bicyclic) bond motifs is 2. The Morgan fingerprint density at radius 3 is 1.41 bits per heavy atom. The van der Waals surface area contributed by atoms with Crippen molar-refractivity contribution in [3.05, 3.63) is 96.1 Å². The Morgan fingerprint density at radius 1 is 0.500 bits per heavy atom. The number of nitrogens with one attached hydrogen (secondary N) is 1. The molecular weight excluding hydrogens is 266 g/mol. The van der Waals surface area contributed by atoms with E-state index < -0.39 is 0 Å². The zero-order valence-corrected chi connectivity index (χ0v) is 12.2. The third kappa shape index (κ3) is 2.07. The highest BCUT2D eigenvalue weighted by Crippen LogP contribution is 2.32.